The Morgan fingerprint density at radius 1 is 1.25 bits per heavy atom. The third kappa shape index (κ3) is 5.23. The number of carbonyl (C=O) groups is 2. The van der Waals surface area contributed by atoms with Crippen LogP contribution in [0.3, 0.4) is 0 Å². The van der Waals surface area contributed by atoms with Crippen molar-refractivity contribution in [3.63, 3.8) is 0 Å². The van der Waals surface area contributed by atoms with Gasteiger partial charge in [0, 0.05) is 36.3 Å². The van der Waals surface area contributed by atoms with Gasteiger partial charge in [0.25, 0.3) is 0 Å². The predicted octanol–water partition coefficient (Wildman–Crippen LogP) is 3.96. The molecule has 0 aliphatic carbocycles. The number of carbonyl (C=O) groups excluding carboxylic acids is 2. The lowest BCUT2D eigenvalue weighted by Gasteiger charge is -2.35. The normalized spacial score (nSPS) is 17.3. The Balaban J connectivity index is 1.78. The molecular weight excluding hydrogens is 422 g/mol. The molecule has 174 valence electrons. The number of primary amides is 1. The summed E-state index contributed by atoms with van der Waals surface area (Å²) in [7, 11) is 0. The number of benzene rings is 1. The van der Waals surface area contributed by atoms with Crippen molar-refractivity contribution in [2.45, 2.75) is 59.5 Å². The van der Waals surface area contributed by atoms with Gasteiger partial charge in [0.2, 0.25) is 11.8 Å². The fraction of sp³-hybridized carbons (Fsp3) is 0.542. The van der Waals surface area contributed by atoms with Gasteiger partial charge in [-0.1, -0.05) is 32.9 Å². The van der Waals surface area contributed by atoms with Crippen LogP contribution in [-0.2, 0) is 9.59 Å². The number of hydrogen-bond acceptors (Lipinski definition) is 6. The Hall–Kier alpha value is -2.61. The number of nitrogens with zero attached hydrogens (tertiary/aromatic N) is 3. The van der Waals surface area contributed by atoms with Gasteiger partial charge in [-0.2, -0.15) is 0 Å². The maximum Gasteiger partial charge on any atom is 0.246 e. The van der Waals surface area contributed by atoms with Crippen LogP contribution in [0.4, 0.5) is 10.8 Å². The van der Waals surface area contributed by atoms with E-state index in [0.29, 0.717) is 18.1 Å². The smallest absolute Gasteiger partial charge is 0.246 e. The summed E-state index contributed by atoms with van der Waals surface area (Å²) in [5.74, 6) is -0.535. The molecule has 2 aromatic rings. The molecule has 0 radical (unpaired) electrons. The van der Waals surface area contributed by atoms with Crippen LogP contribution in [0.15, 0.2) is 29.6 Å². The van der Waals surface area contributed by atoms with Crippen LogP contribution in [0.2, 0.25) is 0 Å². The van der Waals surface area contributed by atoms with Gasteiger partial charge in [-0.15, -0.1) is 11.3 Å². The van der Waals surface area contributed by atoms with E-state index >= 15 is 0 Å². The standard InChI is InChI=1S/C24H35N5O2S/c1-6-28(7-2)17-12-10-16(11-13-17)18-15-32-23(26-18)27-20(24(3,4)5)22(31)29-14-8-9-19(29)21(25)30/h10-13,15,19-20H,6-9,14H2,1-5H3,(H2,25,30)(H,26,27)/t19-,20+/m0/s1. The molecule has 1 aromatic carbocycles. The van der Waals surface area contributed by atoms with Crippen molar-refractivity contribution in [2.24, 2.45) is 11.1 Å². The number of likely N-dealkylation sites (tertiary alicyclic amines) is 1. The first-order chi connectivity index (χ1) is 15.2. The van der Waals surface area contributed by atoms with Crippen LogP contribution in [-0.4, -0.2) is 53.4 Å². The molecule has 3 rings (SSSR count). The zero-order valence-corrected chi connectivity index (χ0v) is 20.5. The monoisotopic (exact) mass is 457 g/mol. The summed E-state index contributed by atoms with van der Waals surface area (Å²) >= 11 is 1.48. The lowest BCUT2D eigenvalue weighted by atomic mass is 9.85. The SMILES string of the molecule is CCN(CC)c1ccc(-c2csc(N[C@H](C(=O)N3CCC[C@H]3C(N)=O)C(C)(C)C)n2)cc1. The third-order valence-corrected chi connectivity index (χ3v) is 6.81. The Morgan fingerprint density at radius 2 is 1.91 bits per heavy atom. The van der Waals surface area contributed by atoms with E-state index in [1.807, 2.05) is 26.2 Å². The fourth-order valence-electron chi connectivity index (χ4n) is 4.17. The summed E-state index contributed by atoms with van der Waals surface area (Å²) in [6.07, 6.45) is 1.42. The lowest BCUT2D eigenvalue weighted by molar-refractivity contribution is -0.139. The van der Waals surface area contributed by atoms with Gasteiger partial charge >= 0.3 is 0 Å². The average molecular weight is 458 g/mol. The third-order valence-electron chi connectivity index (χ3n) is 6.04. The Morgan fingerprint density at radius 3 is 2.47 bits per heavy atom. The summed E-state index contributed by atoms with van der Waals surface area (Å²) in [4.78, 5) is 33.9. The number of rotatable bonds is 8. The molecule has 1 saturated heterocycles. The zero-order valence-electron chi connectivity index (χ0n) is 19.7. The molecule has 1 aliphatic heterocycles. The van der Waals surface area contributed by atoms with Crippen LogP contribution < -0.4 is 16.0 Å². The number of thiazole rings is 1. The highest BCUT2D eigenvalue weighted by Gasteiger charge is 2.40. The van der Waals surface area contributed by atoms with E-state index < -0.39 is 18.0 Å². The van der Waals surface area contributed by atoms with E-state index in [1.54, 1.807) is 4.90 Å². The molecular formula is C24H35N5O2S. The molecule has 1 fully saturated rings. The Bertz CT molecular complexity index is 931. The molecule has 32 heavy (non-hydrogen) atoms. The Labute approximate surface area is 195 Å². The Kier molecular flexibility index (Phi) is 7.44. The molecule has 2 heterocycles. The second-order valence-electron chi connectivity index (χ2n) is 9.29. The van der Waals surface area contributed by atoms with Crippen LogP contribution in [0.5, 0.6) is 0 Å². The molecule has 0 bridgehead atoms. The van der Waals surface area contributed by atoms with E-state index in [4.69, 9.17) is 10.7 Å². The second-order valence-corrected chi connectivity index (χ2v) is 10.2. The minimum atomic E-state index is -0.523. The van der Waals surface area contributed by atoms with Crippen molar-refractivity contribution in [2.75, 3.05) is 29.9 Å². The first-order valence-corrected chi connectivity index (χ1v) is 12.2. The molecule has 0 saturated carbocycles. The molecule has 7 nitrogen and oxygen atoms in total. The number of anilines is 2. The number of amides is 2. The summed E-state index contributed by atoms with van der Waals surface area (Å²) in [5, 5.41) is 6.04. The topological polar surface area (TPSA) is 91.6 Å². The van der Waals surface area contributed by atoms with Crippen LogP contribution in [0, 0.1) is 5.41 Å². The minimum Gasteiger partial charge on any atom is -0.372 e. The lowest BCUT2D eigenvalue weighted by Crippen LogP contribution is -2.53. The number of hydrogen-bond donors (Lipinski definition) is 2. The van der Waals surface area contributed by atoms with Crippen molar-refractivity contribution in [1.82, 2.24) is 9.88 Å². The van der Waals surface area contributed by atoms with Gasteiger partial charge in [-0.05, 0) is 44.2 Å². The van der Waals surface area contributed by atoms with E-state index in [-0.39, 0.29) is 11.3 Å². The summed E-state index contributed by atoms with van der Waals surface area (Å²) in [6, 6.07) is 7.37. The molecule has 0 spiro atoms. The number of nitrogens with one attached hydrogen (secondary N) is 1. The van der Waals surface area contributed by atoms with Gasteiger partial charge in [-0.25, -0.2) is 4.98 Å². The largest absolute Gasteiger partial charge is 0.372 e. The molecule has 2 amide bonds. The number of aromatic nitrogens is 1. The van der Waals surface area contributed by atoms with Crippen molar-refractivity contribution in [3.05, 3.63) is 29.6 Å². The van der Waals surface area contributed by atoms with E-state index in [0.717, 1.165) is 30.8 Å². The molecule has 1 aromatic heterocycles. The van der Waals surface area contributed by atoms with Crippen molar-refractivity contribution >= 4 is 34.0 Å². The maximum absolute atomic E-state index is 13.4. The van der Waals surface area contributed by atoms with E-state index in [2.05, 4.69) is 48.3 Å². The van der Waals surface area contributed by atoms with Crippen molar-refractivity contribution in [3.8, 4) is 11.3 Å². The van der Waals surface area contributed by atoms with Crippen LogP contribution >= 0.6 is 11.3 Å². The van der Waals surface area contributed by atoms with Crippen molar-refractivity contribution in [1.29, 1.82) is 0 Å². The van der Waals surface area contributed by atoms with Crippen LogP contribution in [0.25, 0.3) is 11.3 Å². The zero-order chi connectivity index (χ0) is 23.5. The first-order valence-electron chi connectivity index (χ1n) is 11.3. The van der Waals surface area contributed by atoms with Gasteiger partial charge in [-0.3, -0.25) is 9.59 Å². The van der Waals surface area contributed by atoms with Gasteiger partial charge in [0.1, 0.15) is 12.1 Å². The van der Waals surface area contributed by atoms with E-state index in [9.17, 15) is 9.59 Å². The molecule has 2 atom stereocenters. The molecule has 0 unspecified atom stereocenters. The summed E-state index contributed by atoms with van der Waals surface area (Å²) in [5.41, 5.74) is 8.28. The maximum atomic E-state index is 13.4. The van der Waals surface area contributed by atoms with Crippen molar-refractivity contribution < 1.29 is 9.59 Å². The predicted molar refractivity (Wildman–Crippen MR) is 132 cm³/mol. The molecule has 1 aliphatic rings. The second kappa shape index (κ2) is 9.90. The van der Waals surface area contributed by atoms with Gasteiger partial charge in [0.05, 0.1) is 5.69 Å². The van der Waals surface area contributed by atoms with Crippen LogP contribution in [0.1, 0.15) is 47.5 Å². The fourth-order valence-corrected chi connectivity index (χ4v) is 4.92. The molecule has 8 heteroatoms. The average Bonchev–Trinajstić information content (AvgIpc) is 3.42. The van der Waals surface area contributed by atoms with Gasteiger partial charge in [0.15, 0.2) is 5.13 Å². The van der Waals surface area contributed by atoms with E-state index in [1.165, 1.54) is 17.0 Å². The highest BCUT2D eigenvalue weighted by atomic mass is 32.1. The van der Waals surface area contributed by atoms with Gasteiger partial charge < -0.3 is 20.9 Å². The quantitative estimate of drug-likeness (QED) is 0.626. The number of nitrogens with two attached hydrogens (primary N) is 1. The first kappa shape index (κ1) is 24.0. The molecule has 3 N–H and O–H groups in total. The highest BCUT2D eigenvalue weighted by molar-refractivity contribution is 7.14. The summed E-state index contributed by atoms with van der Waals surface area (Å²) in [6.45, 7) is 12.8. The summed E-state index contributed by atoms with van der Waals surface area (Å²) < 4.78 is 0. The minimum absolute atomic E-state index is 0.0980. The highest BCUT2D eigenvalue weighted by Crippen LogP contribution is 2.31.